The largest absolute Gasteiger partial charge is 0.494 e. The van der Waals surface area contributed by atoms with Crippen molar-refractivity contribution in [3.05, 3.63) is 59.7 Å². The molecule has 0 bridgehead atoms. The summed E-state index contributed by atoms with van der Waals surface area (Å²) in [5.74, 6) is 0.989. The molecule has 6 nitrogen and oxygen atoms in total. The Labute approximate surface area is 184 Å². The minimum absolute atomic E-state index is 0.0890. The third-order valence-electron chi connectivity index (χ3n) is 5.91. The summed E-state index contributed by atoms with van der Waals surface area (Å²) in [4.78, 5) is 15.2. The van der Waals surface area contributed by atoms with Crippen molar-refractivity contribution in [2.75, 3.05) is 13.2 Å². The van der Waals surface area contributed by atoms with Crippen molar-refractivity contribution in [2.24, 2.45) is 0 Å². The fraction of sp³-hybridized carbons (Fsp3) is 0.458. The number of aryl methyl sites for hydroxylation is 1. The molecule has 2 fully saturated rings. The Morgan fingerprint density at radius 2 is 1.77 bits per heavy atom. The number of hydrogen-bond donors (Lipinski definition) is 1. The van der Waals surface area contributed by atoms with Crippen molar-refractivity contribution in [1.82, 2.24) is 9.62 Å². The van der Waals surface area contributed by atoms with Crippen molar-refractivity contribution in [3.8, 4) is 5.75 Å². The zero-order valence-corrected chi connectivity index (χ0v) is 18.7. The van der Waals surface area contributed by atoms with Crippen LogP contribution in [0.1, 0.15) is 56.2 Å². The van der Waals surface area contributed by atoms with Gasteiger partial charge in [-0.3, -0.25) is 4.79 Å². The van der Waals surface area contributed by atoms with E-state index < -0.39 is 10.0 Å². The highest BCUT2D eigenvalue weighted by Gasteiger charge is 2.30. The molecule has 0 unspecified atom stereocenters. The van der Waals surface area contributed by atoms with Crippen LogP contribution in [0.4, 0.5) is 0 Å². The molecule has 1 N–H and O–H groups in total. The molecule has 31 heavy (non-hydrogen) atoms. The quantitative estimate of drug-likeness (QED) is 0.641. The van der Waals surface area contributed by atoms with Crippen LogP contribution < -0.4 is 9.46 Å². The van der Waals surface area contributed by atoms with E-state index in [2.05, 4.69) is 16.9 Å². The van der Waals surface area contributed by atoms with Gasteiger partial charge in [-0.2, -0.15) is 0 Å². The Bertz CT molecular complexity index is 999. The second-order valence-corrected chi connectivity index (χ2v) is 10.0. The van der Waals surface area contributed by atoms with Gasteiger partial charge in [0.05, 0.1) is 17.5 Å². The maximum atomic E-state index is 12.9. The fourth-order valence-corrected chi connectivity index (χ4v) is 5.39. The predicted molar refractivity (Wildman–Crippen MR) is 119 cm³/mol. The molecule has 0 spiro atoms. The lowest BCUT2D eigenvalue weighted by atomic mass is 10.0. The fourth-order valence-electron chi connectivity index (χ4n) is 4.08. The molecular weight excluding hydrogens is 412 g/mol. The van der Waals surface area contributed by atoms with E-state index in [-0.39, 0.29) is 22.9 Å². The number of ether oxygens (including phenoxy) is 1. The third kappa shape index (κ3) is 5.46. The summed E-state index contributed by atoms with van der Waals surface area (Å²) in [6.45, 7) is 3.38. The Kier molecular flexibility index (Phi) is 6.62. The molecule has 1 amide bonds. The van der Waals surface area contributed by atoms with Crippen LogP contribution in [0.5, 0.6) is 5.75 Å². The van der Waals surface area contributed by atoms with E-state index in [1.54, 1.807) is 12.1 Å². The molecule has 2 aromatic rings. The highest BCUT2D eigenvalue weighted by molar-refractivity contribution is 7.89. The van der Waals surface area contributed by atoms with Crippen molar-refractivity contribution < 1.29 is 17.9 Å². The Balaban J connectivity index is 1.34. The summed E-state index contributed by atoms with van der Waals surface area (Å²) in [7, 11) is -3.44. The molecule has 2 aromatic carbocycles. The van der Waals surface area contributed by atoms with Crippen molar-refractivity contribution in [3.63, 3.8) is 0 Å². The average molecular weight is 443 g/mol. The summed E-state index contributed by atoms with van der Waals surface area (Å²) in [6.07, 6.45) is 4.81. The first-order valence-electron chi connectivity index (χ1n) is 11.1. The summed E-state index contributed by atoms with van der Waals surface area (Å²) in [6, 6.07) is 15.1. The van der Waals surface area contributed by atoms with Crippen LogP contribution in [0.15, 0.2) is 53.4 Å². The van der Waals surface area contributed by atoms with E-state index in [0.717, 1.165) is 49.1 Å². The second kappa shape index (κ2) is 9.40. The van der Waals surface area contributed by atoms with Gasteiger partial charge < -0.3 is 9.64 Å². The first-order chi connectivity index (χ1) is 15.0. The number of carbonyl (C=O) groups excluding carboxylic acids is 1. The summed E-state index contributed by atoms with van der Waals surface area (Å²) in [5, 5.41) is 0. The summed E-state index contributed by atoms with van der Waals surface area (Å²) >= 11 is 0. The van der Waals surface area contributed by atoms with Crippen molar-refractivity contribution >= 4 is 15.9 Å². The molecule has 1 saturated carbocycles. The lowest BCUT2D eigenvalue weighted by Crippen LogP contribution is -2.30. The molecular formula is C24H30N2O4S. The number of nitrogens with zero attached hydrogens (tertiary/aromatic N) is 1. The lowest BCUT2D eigenvalue weighted by Gasteiger charge is -2.25. The second-order valence-electron chi connectivity index (χ2n) is 8.29. The van der Waals surface area contributed by atoms with Gasteiger partial charge in [0.25, 0.3) is 0 Å². The average Bonchev–Trinajstić information content (AvgIpc) is 3.43. The molecule has 0 radical (unpaired) electrons. The highest BCUT2D eigenvalue weighted by Crippen LogP contribution is 2.33. The van der Waals surface area contributed by atoms with Gasteiger partial charge in [0.2, 0.25) is 15.9 Å². The predicted octanol–water partition coefficient (Wildman–Crippen LogP) is 3.82. The van der Waals surface area contributed by atoms with Crippen molar-refractivity contribution in [1.29, 1.82) is 0 Å². The molecule has 7 heteroatoms. The van der Waals surface area contributed by atoms with Gasteiger partial charge in [-0.25, -0.2) is 13.1 Å². The van der Waals surface area contributed by atoms with Gasteiger partial charge in [-0.05, 0) is 74.4 Å². The van der Waals surface area contributed by atoms with Crippen LogP contribution in [0.3, 0.4) is 0 Å². The SMILES string of the molecule is CCOc1ccc([C@@H]2CCCN2C(=O)CCc2ccc(S(=O)(=O)NC3CC3)cc2)cc1. The van der Waals surface area contributed by atoms with Gasteiger partial charge in [0.1, 0.15) is 5.75 Å². The van der Waals surface area contributed by atoms with Gasteiger partial charge in [0, 0.05) is 19.0 Å². The monoisotopic (exact) mass is 442 g/mol. The molecule has 0 aromatic heterocycles. The number of nitrogens with one attached hydrogen (secondary N) is 1. The first-order valence-corrected chi connectivity index (χ1v) is 12.6. The lowest BCUT2D eigenvalue weighted by molar-refractivity contribution is -0.132. The third-order valence-corrected chi connectivity index (χ3v) is 7.45. The van der Waals surface area contributed by atoms with E-state index in [1.807, 2.05) is 36.1 Å². The molecule has 1 heterocycles. The number of rotatable bonds is 9. The van der Waals surface area contributed by atoms with Crippen LogP contribution in [-0.2, 0) is 21.2 Å². The Hall–Kier alpha value is -2.38. The maximum absolute atomic E-state index is 12.9. The number of likely N-dealkylation sites (tertiary alicyclic amines) is 1. The van der Waals surface area contributed by atoms with Crippen LogP contribution in [-0.4, -0.2) is 38.4 Å². The van der Waals surface area contributed by atoms with E-state index in [0.29, 0.717) is 19.4 Å². The number of hydrogen-bond acceptors (Lipinski definition) is 4. The highest BCUT2D eigenvalue weighted by atomic mass is 32.2. The number of amides is 1. The topological polar surface area (TPSA) is 75.7 Å². The maximum Gasteiger partial charge on any atom is 0.240 e. The van der Waals surface area contributed by atoms with Gasteiger partial charge >= 0.3 is 0 Å². The number of benzene rings is 2. The standard InChI is InChI=1S/C24H30N2O4S/c1-2-30-21-12-8-19(9-13-21)23-4-3-17-26(23)24(27)16-7-18-5-14-22(15-6-18)31(28,29)25-20-10-11-20/h5-6,8-9,12-15,20,23,25H,2-4,7,10-11,16-17H2,1H3/t23-/m0/s1. The molecule has 166 valence electrons. The number of sulfonamides is 1. The molecule has 1 aliphatic carbocycles. The van der Waals surface area contributed by atoms with E-state index in [1.165, 1.54) is 0 Å². The summed E-state index contributed by atoms with van der Waals surface area (Å²) in [5.41, 5.74) is 2.11. The van der Waals surface area contributed by atoms with Crippen LogP contribution in [0.25, 0.3) is 0 Å². The van der Waals surface area contributed by atoms with Crippen LogP contribution in [0, 0.1) is 0 Å². The summed E-state index contributed by atoms with van der Waals surface area (Å²) < 4.78 is 32.8. The molecule has 1 saturated heterocycles. The van der Waals surface area contributed by atoms with Crippen molar-refractivity contribution in [2.45, 2.75) is 62.4 Å². The smallest absolute Gasteiger partial charge is 0.240 e. The van der Waals surface area contributed by atoms with E-state index in [4.69, 9.17) is 4.74 Å². The first kappa shape index (κ1) is 21.8. The molecule has 4 rings (SSSR count). The minimum atomic E-state index is -3.44. The Morgan fingerprint density at radius 1 is 1.06 bits per heavy atom. The zero-order valence-electron chi connectivity index (χ0n) is 17.9. The molecule has 1 aliphatic heterocycles. The number of carbonyl (C=O) groups is 1. The molecule has 1 atom stereocenters. The molecule has 2 aliphatic rings. The van der Waals surface area contributed by atoms with Gasteiger partial charge in [0.15, 0.2) is 0 Å². The van der Waals surface area contributed by atoms with Gasteiger partial charge in [-0.1, -0.05) is 24.3 Å². The van der Waals surface area contributed by atoms with E-state index >= 15 is 0 Å². The van der Waals surface area contributed by atoms with E-state index in [9.17, 15) is 13.2 Å². The Morgan fingerprint density at radius 3 is 2.42 bits per heavy atom. The minimum Gasteiger partial charge on any atom is -0.494 e. The van der Waals surface area contributed by atoms with Crippen LogP contribution >= 0.6 is 0 Å². The van der Waals surface area contributed by atoms with Gasteiger partial charge in [-0.15, -0.1) is 0 Å². The normalized spacial score (nSPS) is 18.9. The van der Waals surface area contributed by atoms with Crippen LogP contribution in [0.2, 0.25) is 0 Å². The zero-order chi connectivity index (χ0) is 21.8.